The normalized spacial score (nSPS) is 11.4. The van der Waals surface area contributed by atoms with Gasteiger partial charge in [0, 0.05) is 0 Å². The number of hydrogen-bond donors (Lipinski definition) is 1. The quantitative estimate of drug-likeness (QED) is 0.779. The number of nitrogens with zero attached hydrogens (tertiary/aromatic N) is 3. The van der Waals surface area contributed by atoms with Crippen molar-refractivity contribution in [3.63, 3.8) is 0 Å². The standard InChI is InChI=1S/C19H16N4/c20-14-17-11-12-19(23-22-17)21-18(16-9-5-2-6-10-16)13-15-7-3-1-4-8-15/h1-12,18H,13H2,(H,21,23). The van der Waals surface area contributed by atoms with Gasteiger partial charge < -0.3 is 5.32 Å². The fourth-order valence-corrected chi connectivity index (χ4v) is 2.43. The summed E-state index contributed by atoms with van der Waals surface area (Å²) in [7, 11) is 0. The van der Waals surface area contributed by atoms with E-state index in [9.17, 15) is 0 Å². The van der Waals surface area contributed by atoms with Crippen molar-refractivity contribution in [2.45, 2.75) is 12.5 Å². The molecule has 3 rings (SSSR count). The SMILES string of the molecule is N#Cc1ccc(NC(Cc2ccccc2)c2ccccc2)nn1. The minimum absolute atomic E-state index is 0.0841. The molecule has 0 saturated heterocycles. The average Bonchev–Trinajstić information content (AvgIpc) is 2.63. The van der Waals surface area contributed by atoms with Gasteiger partial charge in [-0.1, -0.05) is 60.7 Å². The third-order valence-corrected chi connectivity index (χ3v) is 3.59. The lowest BCUT2D eigenvalue weighted by molar-refractivity contribution is 0.764. The lowest BCUT2D eigenvalue weighted by atomic mass is 9.99. The Balaban J connectivity index is 1.84. The zero-order chi connectivity index (χ0) is 15.9. The third kappa shape index (κ3) is 3.92. The van der Waals surface area contributed by atoms with Crippen molar-refractivity contribution < 1.29 is 0 Å². The van der Waals surface area contributed by atoms with E-state index < -0.39 is 0 Å². The maximum absolute atomic E-state index is 8.81. The molecule has 1 aromatic heterocycles. The smallest absolute Gasteiger partial charge is 0.163 e. The van der Waals surface area contributed by atoms with Crippen LogP contribution in [0.1, 0.15) is 22.9 Å². The van der Waals surface area contributed by atoms with Gasteiger partial charge in [0.2, 0.25) is 0 Å². The summed E-state index contributed by atoms with van der Waals surface area (Å²) in [4.78, 5) is 0. The number of nitriles is 1. The number of nitrogens with one attached hydrogen (secondary N) is 1. The minimum atomic E-state index is 0.0841. The second kappa shape index (κ2) is 7.19. The molecule has 0 aliphatic heterocycles. The van der Waals surface area contributed by atoms with Gasteiger partial charge in [0.05, 0.1) is 6.04 Å². The summed E-state index contributed by atoms with van der Waals surface area (Å²) in [5.74, 6) is 0.661. The number of benzene rings is 2. The zero-order valence-corrected chi connectivity index (χ0v) is 12.6. The van der Waals surface area contributed by atoms with Crippen LogP contribution in [0.25, 0.3) is 0 Å². The van der Waals surface area contributed by atoms with Crippen LogP contribution in [-0.2, 0) is 6.42 Å². The molecule has 1 N–H and O–H groups in total. The molecule has 2 aromatic carbocycles. The number of rotatable bonds is 5. The summed E-state index contributed by atoms with van der Waals surface area (Å²) < 4.78 is 0. The van der Waals surface area contributed by atoms with E-state index in [4.69, 9.17) is 5.26 Å². The van der Waals surface area contributed by atoms with Crippen molar-refractivity contribution in [2.75, 3.05) is 5.32 Å². The molecule has 1 atom stereocenters. The lowest BCUT2D eigenvalue weighted by Crippen LogP contribution is -2.15. The van der Waals surface area contributed by atoms with Crippen molar-refractivity contribution in [3.05, 3.63) is 89.6 Å². The van der Waals surface area contributed by atoms with Crippen LogP contribution >= 0.6 is 0 Å². The molecule has 0 radical (unpaired) electrons. The summed E-state index contributed by atoms with van der Waals surface area (Å²) in [5, 5.41) is 20.2. The molecule has 4 nitrogen and oxygen atoms in total. The summed E-state index contributed by atoms with van der Waals surface area (Å²) >= 11 is 0. The van der Waals surface area contributed by atoms with Gasteiger partial charge in [-0.2, -0.15) is 5.26 Å². The number of hydrogen-bond acceptors (Lipinski definition) is 4. The van der Waals surface area contributed by atoms with Gasteiger partial charge in [-0.05, 0) is 29.7 Å². The molecule has 0 fully saturated rings. The minimum Gasteiger partial charge on any atom is -0.361 e. The molecule has 23 heavy (non-hydrogen) atoms. The Bertz CT molecular complexity index is 777. The average molecular weight is 300 g/mol. The first-order valence-corrected chi connectivity index (χ1v) is 7.44. The monoisotopic (exact) mass is 300 g/mol. The highest BCUT2D eigenvalue weighted by atomic mass is 15.2. The first-order valence-electron chi connectivity index (χ1n) is 7.44. The van der Waals surface area contributed by atoms with Crippen molar-refractivity contribution in [2.24, 2.45) is 0 Å². The number of aromatic nitrogens is 2. The van der Waals surface area contributed by atoms with Crippen LogP contribution in [0.4, 0.5) is 5.82 Å². The Morgan fingerprint density at radius 3 is 2.17 bits per heavy atom. The van der Waals surface area contributed by atoms with Crippen LogP contribution in [0.15, 0.2) is 72.8 Å². The summed E-state index contributed by atoms with van der Waals surface area (Å²) in [6.45, 7) is 0. The van der Waals surface area contributed by atoms with Crippen molar-refractivity contribution in [1.29, 1.82) is 5.26 Å². The van der Waals surface area contributed by atoms with Crippen LogP contribution < -0.4 is 5.32 Å². The fraction of sp³-hybridized carbons (Fsp3) is 0.105. The Hall–Kier alpha value is -3.19. The van der Waals surface area contributed by atoms with E-state index in [0.717, 1.165) is 6.42 Å². The fourth-order valence-electron chi connectivity index (χ4n) is 2.43. The highest BCUT2D eigenvalue weighted by Crippen LogP contribution is 2.22. The van der Waals surface area contributed by atoms with Gasteiger partial charge in [-0.25, -0.2) is 0 Å². The van der Waals surface area contributed by atoms with Crippen LogP contribution in [0.2, 0.25) is 0 Å². The van der Waals surface area contributed by atoms with E-state index in [2.05, 4.69) is 39.8 Å². The molecule has 112 valence electrons. The Morgan fingerprint density at radius 1 is 0.870 bits per heavy atom. The topological polar surface area (TPSA) is 61.6 Å². The van der Waals surface area contributed by atoms with Gasteiger partial charge in [-0.15, -0.1) is 10.2 Å². The molecule has 0 aliphatic carbocycles. The van der Waals surface area contributed by atoms with Gasteiger partial charge in [0.15, 0.2) is 5.69 Å². The van der Waals surface area contributed by atoms with Gasteiger partial charge in [0.25, 0.3) is 0 Å². The van der Waals surface area contributed by atoms with Crippen molar-refractivity contribution in [1.82, 2.24) is 10.2 Å². The zero-order valence-electron chi connectivity index (χ0n) is 12.6. The predicted molar refractivity (Wildman–Crippen MR) is 89.7 cm³/mol. The first-order chi connectivity index (χ1) is 11.3. The Labute approximate surface area is 135 Å². The third-order valence-electron chi connectivity index (χ3n) is 3.59. The predicted octanol–water partition coefficient (Wildman–Crippen LogP) is 3.74. The van der Waals surface area contributed by atoms with E-state index in [-0.39, 0.29) is 6.04 Å². The van der Waals surface area contributed by atoms with E-state index in [0.29, 0.717) is 11.5 Å². The van der Waals surface area contributed by atoms with E-state index in [1.165, 1.54) is 11.1 Å². The lowest BCUT2D eigenvalue weighted by Gasteiger charge is -2.19. The van der Waals surface area contributed by atoms with E-state index in [1.807, 2.05) is 42.5 Å². The molecule has 0 bridgehead atoms. The highest BCUT2D eigenvalue weighted by molar-refractivity contribution is 5.40. The maximum atomic E-state index is 8.81. The number of anilines is 1. The molecule has 4 heteroatoms. The Morgan fingerprint density at radius 2 is 1.57 bits per heavy atom. The molecule has 0 spiro atoms. The van der Waals surface area contributed by atoms with Gasteiger partial charge in [-0.3, -0.25) is 0 Å². The molecule has 0 aliphatic rings. The molecular formula is C19H16N4. The van der Waals surface area contributed by atoms with E-state index in [1.54, 1.807) is 12.1 Å². The Kier molecular flexibility index (Phi) is 4.61. The molecule has 3 aromatic rings. The largest absolute Gasteiger partial charge is 0.361 e. The maximum Gasteiger partial charge on any atom is 0.163 e. The van der Waals surface area contributed by atoms with E-state index >= 15 is 0 Å². The van der Waals surface area contributed by atoms with Crippen LogP contribution in [0.3, 0.4) is 0 Å². The highest BCUT2D eigenvalue weighted by Gasteiger charge is 2.13. The summed E-state index contributed by atoms with van der Waals surface area (Å²) in [5.41, 5.74) is 2.74. The first kappa shape index (κ1) is 14.7. The van der Waals surface area contributed by atoms with Crippen LogP contribution in [-0.4, -0.2) is 10.2 Å². The van der Waals surface area contributed by atoms with Gasteiger partial charge in [0.1, 0.15) is 11.9 Å². The molecule has 0 saturated carbocycles. The van der Waals surface area contributed by atoms with Crippen LogP contribution in [0.5, 0.6) is 0 Å². The second-order valence-corrected chi connectivity index (χ2v) is 5.21. The van der Waals surface area contributed by atoms with Crippen LogP contribution in [0, 0.1) is 11.3 Å². The summed E-state index contributed by atoms with van der Waals surface area (Å²) in [6, 6.07) is 26.1. The van der Waals surface area contributed by atoms with Crippen molar-refractivity contribution >= 4 is 5.82 Å². The second-order valence-electron chi connectivity index (χ2n) is 5.21. The van der Waals surface area contributed by atoms with Crippen molar-refractivity contribution in [3.8, 4) is 6.07 Å². The molecule has 1 heterocycles. The molecule has 0 amide bonds. The summed E-state index contributed by atoms with van der Waals surface area (Å²) in [6.07, 6.45) is 0.840. The van der Waals surface area contributed by atoms with Gasteiger partial charge >= 0.3 is 0 Å². The molecular weight excluding hydrogens is 284 g/mol. The molecule has 1 unspecified atom stereocenters.